The molecule has 0 aliphatic carbocycles. The van der Waals surface area contributed by atoms with Crippen molar-refractivity contribution < 1.29 is 19.0 Å². The molecule has 1 atom stereocenters. The van der Waals surface area contributed by atoms with Gasteiger partial charge in [-0.2, -0.15) is 0 Å². The summed E-state index contributed by atoms with van der Waals surface area (Å²) in [4.78, 5) is 13.8. The summed E-state index contributed by atoms with van der Waals surface area (Å²) in [6.45, 7) is 6.56. The number of carbonyl (C=O) groups is 1. The summed E-state index contributed by atoms with van der Waals surface area (Å²) >= 11 is 0. The lowest BCUT2D eigenvalue weighted by atomic mass is 10.0. The summed E-state index contributed by atoms with van der Waals surface area (Å²) in [5, 5.41) is 3.46. The van der Waals surface area contributed by atoms with Crippen molar-refractivity contribution in [3.8, 4) is 11.5 Å². The molecule has 6 nitrogen and oxygen atoms in total. The molecule has 1 N–H and O–H groups in total. The van der Waals surface area contributed by atoms with Gasteiger partial charge >= 0.3 is 5.97 Å². The number of ether oxygens (including phenoxy) is 3. The highest BCUT2D eigenvalue weighted by molar-refractivity contribution is 5.69. The average Bonchev–Trinajstić information content (AvgIpc) is 2.63. The smallest absolute Gasteiger partial charge is 0.307 e. The Hall–Kier alpha value is -1.79. The molecular formula is C19H28N2O4. The highest BCUT2D eigenvalue weighted by atomic mass is 16.6. The number of nitrogens with one attached hydrogen (secondary N) is 1. The van der Waals surface area contributed by atoms with E-state index in [1.165, 1.54) is 0 Å². The molecule has 0 bridgehead atoms. The first kappa shape index (κ1) is 18.0. The average molecular weight is 348 g/mol. The monoisotopic (exact) mass is 348 g/mol. The van der Waals surface area contributed by atoms with Crippen molar-refractivity contribution in [3.05, 3.63) is 24.3 Å². The summed E-state index contributed by atoms with van der Waals surface area (Å²) in [6, 6.07) is 8.32. The van der Waals surface area contributed by atoms with Crippen LogP contribution in [0, 0.1) is 0 Å². The molecule has 3 rings (SSSR count). The van der Waals surface area contributed by atoms with Crippen LogP contribution in [-0.2, 0) is 9.53 Å². The number of hydrogen-bond acceptors (Lipinski definition) is 6. The van der Waals surface area contributed by atoms with Crippen molar-refractivity contribution in [3.63, 3.8) is 0 Å². The van der Waals surface area contributed by atoms with Gasteiger partial charge in [0.25, 0.3) is 0 Å². The highest BCUT2D eigenvalue weighted by Gasteiger charge is 2.25. The van der Waals surface area contributed by atoms with Gasteiger partial charge in [0.2, 0.25) is 0 Å². The normalized spacial score (nSPS) is 21.1. The number of benzene rings is 1. The minimum atomic E-state index is -0.123. The van der Waals surface area contributed by atoms with E-state index in [0.29, 0.717) is 32.2 Å². The van der Waals surface area contributed by atoms with Crippen LogP contribution in [0.15, 0.2) is 24.3 Å². The van der Waals surface area contributed by atoms with E-state index in [-0.39, 0.29) is 12.1 Å². The van der Waals surface area contributed by atoms with Crippen LogP contribution in [0.5, 0.6) is 11.5 Å². The molecule has 138 valence electrons. The molecule has 1 aromatic carbocycles. The Morgan fingerprint density at radius 3 is 2.80 bits per heavy atom. The van der Waals surface area contributed by atoms with Gasteiger partial charge < -0.3 is 19.5 Å². The molecule has 1 fully saturated rings. The molecule has 1 saturated heterocycles. The number of carbonyl (C=O) groups excluding carboxylic acids is 1. The molecule has 1 unspecified atom stereocenters. The predicted molar refractivity (Wildman–Crippen MR) is 95.1 cm³/mol. The Labute approximate surface area is 149 Å². The van der Waals surface area contributed by atoms with Gasteiger partial charge in [-0.25, -0.2) is 0 Å². The minimum Gasteiger partial charge on any atom is -0.486 e. The topological polar surface area (TPSA) is 60.0 Å². The van der Waals surface area contributed by atoms with Crippen molar-refractivity contribution in [2.75, 3.05) is 39.4 Å². The van der Waals surface area contributed by atoms with Gasteiger partial charge in [0.05, 0.1) is 13.0 Å². The van der Waals surface area contributed by atoms with Crippen molar-refractivity contribution in [2.24, 2.45) is 0 Å². The molecule has 2 heterocycles. The van der Waals surface area contributed by atoms with E-state index in [0.717, 1.165) is 44.0 Å². The van der Waals surface area contributed by atoms with E-state index < -0.39 is 0 Å². The number of piperidine rings is 1. The number of nitrogens with zero attached hydrogens (tertiary/aromatic N) is 1. The second-order valence-electron chi connectivity index (χ2n) is 6.58. The number of esters is 1. The molecule has 0 radical (unpaired) electrons. The SMILES string of the molecule is CCOC(=O)CCNC1CCN(CC2COc3ccccc3O2)CC1. The lowest BCUT2D eigenvalue weighted by molar-refractivity contribution is -0.143. The van der Waals surface area contributed by atoms with Gasteiger partial charge in [0.1, 0.15) is 12.7 Å². The first-order valence-electron chi connectivity index (χ1n) is 9.24. The lowest BCUT2D eigenvalue weighted by Crippen LogP contribution is -2.47. The number of rotatable bonds is 7. The maximum absolute atomic E-state index is 11.3. The van der Waals surface area contributed by atoms with Gasteiger partial charge in [-0.3, -0.25) is 9.69 Å². The van der Waals surface area contributed by atoms with Crippen LogP contribution in [0.3, 0.4) is 0 Å². The van der Waals surface area contributed by atoms with Crippen LogP contribution in [0.4, 0.5) is 0 Å². The van der Waals surface area contributed by atoms with Gasteiger partial charge in [0, 0.05) is 19.1 Å². The van der Waals surface area contributed by atoms with E-state index in [2.05, 4.69) is 10.2 Å². The predicted octanol–water partition coefficient (Wildman–Crippen LogP) is 1.83. The van der Waals surface area contributed by atoms with E-state index in [4.69, 9.17) is 14.2 Å². The molecule has 25 heavy (non-hydrogen) atoms. The Kier molecular flexibility index (Phi) is 6.53. The van der Waals surface area contributed by atoms with Gasteiger partial charge in [-0.15, -0.1) is 0 Å². The highest BCUT2D eigenvalue weighted by Crippen LogP contribution is 2.31. The molecule has 0 aromatic heterocycles. The lowest BCUT2D eigenvalue weighted by Gasteiger charge is -2.36. The molecule has 0 saturated carbocycles. The fraction of sp³-hybridized carbons (Fsp3) is 0.632. The van der Waals surface area contributed by atoms with Crippen LogP contribution in [0.25, 0.3) is 0 Å². The second-order valence-corrected chi connectivity index (χ2v) is 6.58. The number of hydrogen-bond donors (Lipinski definition) is 1. The number of likely N-dealkylation sites (tertiary alicyclic amines) is 1. The Balaban J connectivity index is 1.34. The molecule has 0 amide bonds. The first-order chi connectivity index (χ1) is 12.2. The zero-order valence-electron chi connectivity index (χ0n) is 14.9. The zero-order chi connectivity index (χ0) is 17.5. The standard InChI is InChI=1S/C19H28N2O4/c1-2-23-19(22)7-10-20-15-8-11-21(12-9-15)13-16-14-24-17-5-3-4-6-18(17)25-16/h3-6,15-16,20H,2,7-14H2,1H3. The van der Waals surface area contributed by atoms with Crippen LogP contribution in [0.1, 0.15) is 26.2 Å². The number of fused-ring (bicyclic) bond motifs is 1. The molecule has 1 aromatic rings. The van der Waals surface area contributed by atoms with Gasteiger partial charge in [-0.05, 0) is 45.0 Å². The summed E-state index contributed by atoms with van der Waals surface area (Å²) in [7, 11) is 0. The van der Waals surface area contributed by atoms with Gasteiger partial charge in [-0.1, -0.05) is 12.1 Å². The zero-order valence-corrected chi connectivity index (χ0v) is 14.9. The minimum absolute atomic E-state index is 0.0863. The van der Waals surface area contributed by atoms with Crippen molar-refractivity contribution in [2.45, 2.75) is 38.3 Å². The Morgan fingerprint density at radius 1 is 1.28 bits per heavy atom. The fourth-order valence-electron chi connectivity index (χ4n) is 3.37. The van der Waals surface area contributed by atoms with E-state index in [1.807, 2.05) is 31.2 Å². The fourth-order valence-corrected chi connectivity index (χ4v) is 3.37. The van der Waals surface area contributed by atoms with Crippen LogP contribution >= 0.6 is 0 Å². The summed E-state index contributed by atoms with van der Waals surface area (Å²) in [6.07, 6.45) is 2.71. The first-order valence-corrected chi connectivity index (χ1v) is 9.24. The third kappa shape index (κ3) is 5.34. The molecule has 6 heteroatoms. The summed E-state index contributed by atoms with van der Waals surface area (Å²) in [5.41, 5.74) is 0. The van der Waals surface area contributed by atoms with Crippen molar-refractivity contribution in [1.29, 1.82) is 0 Å². The Morgan fingerprint density at radius 2 is 2.04 bits per heavy atom. The largest absolute Gasteiger partial charge is 0.486 e. The summed E-state index contributed by atoms with van der Waals surface area (Å²) in [5.74, 6) is 1.56. The van der Waals surface area contributed by atoms with Crippen LogP contribution < -0.4 is 14.8 Å². The van der Waals surface area contributed by atoms with E-state index >= 15 is 0 Å². The summed E-state index contributed by atoms with van der Waals surface area (Å²) < 4.78 is 16.8. The van der Waals surface area contributed by atoms with Crippen LogP contribution in [-0.4, -0.2) is 62.4 Å². The van der Waals surface area contributed by atoms with Crippen LogP contribution in [0.2, 0.25) is 0 Å². The maximum atomic E-state index is 11.3. The molecule has 2 aliphatic rings. The number of para-hydroxylation sites is 2. The van der Waals surface area contributed by atoms with Crippen molar-refractivity contribution >= 4 is 5.97 Å². The van der Waals surface area contributed by atoms with E-state index in [9.17, 15) is 4.79 Å². The third-order valence-corrected chi connectivity index (χ3v) is 4.68. The third-order valence-electron chi connectivity index (χ3n) is 4.68. The second kappa shape index (κ2) is 9.06. The quantitative estimate of drug-likeness (QED) is 0.759. The van der Waals surface area contributed by atoms with E-state index in [1.54, 1.807) is 0 Å². The van der Waals surface area contributed by atoms with Crippen molar-refractivity contribution in [1.82, 2.24) is 10.2 Å². The molecule has 0 spiro atoms. The molecule has 2 aliphatic heterocycles. The maximum Gasteiger partial charge on any atom is 0.307 e. The molecular weight excluding hydrogens is 320 g/mol. The Bertz CT molecular complexity index is 558. The van der Waals surface area contributed by atoms with Gasteiger partial charge in [0.15, 0.2) is 11.5 Å².